The Kier molecular flexibility index (Phi) is 6.31. The van der Waals surface area contributed by atoms with Gasteiger partial charge in [0.15, 0.2) is 0 Å². The zero-order chi connectivity index (χ0) is 24.3. The molecule has 0 fully saturated rings. The van der Waals surface area contributed by atoms with Crippen LogP contribution >= 0.6 is 0 Å². The number of benzene rings is 1. The summed E-state index contributed by atoms with van der Waals surface area (Å²) >= 11 is 0. The average molecular weight is 467 g/mol. The van der Waals surface area contributed by atoms with Crippen molar-refractivity contribution in [2.75, 3.05) is 5.32 Å². The number of nitrogens with one attached hydrogen (secondary N) is 3. The number of rotatable bonds is 7. The van der Waals surface area contributed by atoms with Crippen LogP contribution in [0.5, 0.6) is 0 Å². The molecule has 0 atom stereocenters. The minimum atomic E-state index is -0.217. The van der Waals surface area contributed by atoms with E-state index >= 15 is 0 Å². The second-order valence-electron chi connectivity index (χ2n) is 9.88. The maximum atomic E-state index is 13.1. The fraction of sp³-hybridized carbons (Fsp3) is 0.286. The highest BCUT2D eigenvalue weighted by atomic mass is 16.1. The van der Waals surface area contributed by atoms with Crippen LogP contribution in [-0.4, -0.2) is 26.1 Å². The first-order valence-corrected chi connectivity index (χ1v) is 12.0. The Balaban J connectivity index is 1.44. The highest BCUT2D eigenvalue weighted by Crippen LogP contribution is 2.38. The summed E-state index contributed by atoms with van der Waals surface area (Å²) in [5.74, 6) is 0.412. The number of carbonyl (C=O) groups is 1. The molecule has 4 aromatic rings. The summed E-state index contributed by atoms with van der Waals surface area (Å²) in [5.41, 5.74) is 6.91. The number of pyridine rings is 2. The summed E-state index contributed by atoms with van der Waals surface area (Å²) in [7, 11) is 0. The molecule has 0 unspecified atom stereocenters. The van der Waals surface area contributed by atoms with Crippen molar-refractivity contribution in [3.63, 3.8) is 0 Å². The molecule has 35 heavy (non-hydrogen) atoms. The van der Waals surface area contributed by atoms with Crippen LogP contribution in [0.2, 0.25) is 0 Å². The van der Waals surface area contributed by atoms with Crippen molar-refractivity contribution >= 4 is 11.7 Å². The lowest BCUT2D eigenvalue weighted by molar-refractivity contribution is 0.0946. The average Bonchev–Trinajstić information content (AvgIpc) is 3.29. The smallest absolute Gasteiger partial charge is 0.270 e. The van der Waals surface area contributed by atoms with Crippen molar-refractivity contribution < 1.29 is 4.79 Å². The van der Waals surface area contributed by atoms with E-state index in [4.69, 9.17) is 0 Å². The first kappa shape index (κ1) is 22.8. The fourth-order valence-corrected chi connectivity index (χ4v) is 4.52. The lowest BCUT2D eigenvalue weighted by Gasteiger charge is -2.29. The van der Waals surface area contributed by atoms with Crippen LogP contribution in [0, 0.1) is 5.41 Å². The normalized spacial score (nSPS) is 14.2. The third kappa shape index (κ3) is 5.40. The number of hydrogen-bond donors (Lipinski definition) is 3. The SMILES string of the molecule is CC1(C)CCc2c(-c3cc(NCc4cccnc4)nc(C(=O)NCc4ccccc4)c3)n[nH]c2C1. The zero-order valence-corrected chi connectivity index (χ0v) is 20.1. The molecule has 3 aromatic heterocycles. The van der Waals surface area contributed by atoms with Crippen LogP contribution < -0.4 is 10.6 Å². The number of H-pyrrole nitrogens is 1. The molecule has 0 spiro atoms. The van der Waals surface area contributed by atoms with Gasteiger partial charge >= 0.3 is 0 Å². The Morgan fingerprint density at radius 1 is 1.06 bits per heavy atom. The van der Waals surface area contributed by atoms with Gasteiger partial charge in [-0.2, -0.15) is 5.10 Å². The molecule has 1 aliphatic carbocycles. The van der Waals surface area contributed by atoms with Gasteiger partial charge in [0.05, 0.1) is 5.69 Å². The molecule has 7 heteroatoms. The predicted molar refractivity (Wildman–Crippen MR) is 137 cm³/mol. The number of amides is 1. The molecule has 7 nitrogen and oxygen atoms in total. The summed E-state index contributed by atoms with van der Waals surface area (Å²) in [6.07, 6.45) is 6.60. The van der Waals surface area contributed by atoms with Gasteiger partial charge < -0.3 is 10.6 Å². The van der Waals surface area contributed by atoms with Crippen molar-refractivity contribution in [3.05, 3.63) is 95.1 Å². The van der Waals surface area contributed by atoms with E-state index in [0.29, 0.717) is 24.6 Å². The van der Waals surface area contributed by atoms with Crippen molar-refractivity contribution in [2.24, 2.45) is 5.41 Å². The number of carbonyl (C=O) groups excluding carboxylic acids is 1. The molecule has 178 valence electrons. The third-order valence-corrected chi connectivity index (χ3v) is 6.48. The van der Waals surface area contributed by atoms with Crippen LogP contribution in [0.25, 0.3) is 11.3 Å². The van der Waals surface area contributed by atoms with Gasteiger partial charge in [-0.05, 0) is 54.0 Å². The summed E-state index contributed by atoms with van der Waals surface area (Å²) < 4.78 is 0. The third-order valence-electron chi connectivity index (χ3n) is 6.48. The summed E-state index contributed by atoms with van der Waals surface area (Å²) in [4.78, 5) is 21.9. The first-order valence-electron chi connectivity index (χ1n) is 12.0. The Hall–Kier alpha value is -4.00. The van der Waals surface area contributed by atoms with Gasteiger partial charge in [0, 0.05) is 42.3 Å². The predicted octanol–water partition coefficient (Wildman–Crippen LogP) is 4.92. The number of anilines is 1. The van der Waals surface area contributed by atoms with Crippen molar-refractivity contribution in [2.45, 2.75) is 46.2 Å². The zero-order valence-electron chi connectivity index (χ0n) is 20.1. The molecule has 0 saturated heterocycles. The van der Waals surface area contributed by atoms with Crippen LogP contribution in [-0.2, 0) is 25.9 Å². The minimum absolute atomic E-state index is 0.217. The molecule has 3 heterocycles. The first-order chi connectivity index (χ1) is 17.0. The maximum absolute atomic E-state index is 13.1. The summed E-state index contributed by atoms with van der Waals surface area (Å²) in [6.45, 7) is 5.58. The number of fused-ring (bicyclic) bond motifs is 1. The lowest BCUT2D eigenvalue weighted by Crippen LogP contribution is -2.24. The molecular formula is C28H30N6O. The molecule has 1 amide bonds. The Bertz CT molecular complexity index is 1310. The van der Waals surface area contributed by atoms with E-state index in [9.17, 15) is 4.79 Å². The van der Waals surface area contributed by atoms with Crippen molar-refractivity contribution in [3.8, 4) is 11.3 Å². The molecule has 1 aliphatic rings. The molecule has 0 aliphatic heterocycles. The molecule has 0 saturated carbocycles. The largest absolute Gasteiger partial charge is 0.366 e. The highest BCUT2D eigenvalue weighted by molar-refractivity contribution is 5.94. The molecule has 0 bridgehead atoms. The van der Waals surface area contributed by atoms with E-state index < -0.39 is 0 Å². The number of hydrogen-bond acceptors (Lipinski definition) is 5. The van der Waals surface area contributed by atoms with E-state index in [-0.39, 0.29) is 11.3 Å². The number of aromatic nitrogens is 4. The van der Waals surface area contributed by atoms with Gasteiger partial charge in [-0.25, -0.2) is 4.98 Å². The summed E-state index contributed by atoms with van der Waals surface area (Å²) in [5, 5.41) is 14.3. The second kappa shape index (κ2) is 9.70. The molecule has 0 radical (unpaired) electrons. The fourth-order valence-electron chi connectivity index (χ4n) is 4.52. The Labute approximate surface area is 205 Å². The van der Waals surface area contributed by atoms with Crippen LogP contribution in [0.15, 0.2) is 67.0 Å². The number of aromatic amines is 1. The van der Waals surface area contributed by atoms with Crippen LogP contribution in [0.1, 0.15) is 53.1 Å². The second-order valence-corrected chi connectivity index (χ2v) is 9.88. The van der Waals surface area contributed by atoms with Gasteiger partial charge in [-0.15, -0.1) is 0 Å². The lowest BCUT2D eigenvalue weighted by atomic mass is 9.76. The maximum Gasteiger partial charge on any atom is 0.270 e. The molecule has 1 aromatic carbocycles. The van der Waals surface area contributed by atoms with E-state index in [1.54, 1.807) is 6.20 Å². The van der Waals surface area contributed by atoms with Crippen LogP contribution in [0.3, 0.4) is 0 Å². The Morgan fingerprint density at radius 3 is 2.69 bits per heavy atom. The quantitative estimate of drug-likeness (QED) is 0.359. The van der Waals surface area contributed by atoms with E-state index in [0.717, 1.165) is 41.6 Å². The van der Waals surface area contributed by atoms with Crippen LogP contribution in [0.4, 0.5) is 5.82 Å². The summed E-state index contributed by atoms with van der Waals surface area (Å²) in [6, 6.07) is 17.6. The Morgan fingerprint density at radius 2 is 1.89 bits per heavy atom. The monoisotopic (exact) mass is 466 g/mol. The van der Waals surface area contributed by atoms with E-state index in [1.165, 1.54) is 11.3 Å². The highest BCUT2D eigenvalue weighted by Gasteiger charge is 2.29. The van der Waals surface area contributed by atoms with Gasteiger partial charge in [-0.3, -0.25) is 14.9 Å². The van der Waals surface area contributed by atoms with Crippen molar-refractivity contribution in [1.29, 1.82) is 0 Å². The standard InChI is InChI=1S/C28H30N6O/c1-28(2)11-10-22-24(15-28)33-34-26(22)21-13-23(27(35)31-17-19-7-4-3-5-8-19)32-25(14-21)30-18-20-9-6-12-29-16-20/h3-9,12-14,16H,10-11,15,17-18H2,1-2H3,(H,30,32)(H,31,35)(H,33,34). The molecular weight excluding hydrogens is 436 g/mol. The number of nitrogens with zero attached hydrogens (tertiary/aromatic N) is 3. The van der Waals surface area contributed by atoms with E-state index in [1.807, 2.05) is 60.8 Å². The van der Waals surface area contributed by atoms with Gasteiger partial charge in [0.25, 0.3) is 5.91 Å². The van der Waals surface area contributed by atoms with Gasteiger partial charge in [-0.1, -0.05) is 50.2 Å². The van der Waals surface area contributed by atoms with Crippen molar-refractivity contribution in [1.82, 2.24) is 25.5 Å². The minimum Gasteiger partial charge on any atom is -0.366 e. The van der Waals surface area contributed by atoms with Gasteiger partial charge in [0.1, 0.15) is 11.5 Å². The van der Waals surface area contributed by atoms with E-state index in [2.05, 4.69) is 44.6 Å². The molecule has 3 N–H and O–H groups in total. The van der Waals surface area contributed by atoms with Gasteiger partial charge in [0.2, 0.25) is 0 Å². The topological polar surface area (TPSA) is 95.6 Å². The molecule has 5 rings (SSSR count).